The van der Waals surface area contributed by atoms with Crippen LogP contribution in [0.15, 0.2) is 35.9 Å². The molecular weight excluding hydrogens is 212 g/mol. The van der Waals surface area contributed by atoms with E-state index < -0.39 is 5.97 Å². The van der Waals surface area contributed by atoms with Gasteiger partial charge in [0.25, 0.3) is 0 Å². The van der Waals surface area contributed by atoms with Gasteiger partial charge in [-0.15, -0.1) is 0 Å². The van der Waals surface area contributed by atoms with E-state index in [-0.39, 0.29) is 6.42 Å². The summed E-state index contributed by atoms with van der Waals surface area (Å²) in [6.07, 6.45) is 5.96. The number of carboxylic acids is 1. The van der Waals surface area contributed by atoms with Crippen molar-refractivity contribution in [1.29, 1.82) is 0 Å². The first-order chi connectivity index (χ1) is 8.27. The fourth-order valence-electron chi connectivity index (χ4n) is 2.50. The molecule has 0 radical (unpaired) electrons. The van der Waals surface area contributed by atoms with Crippen LogP contribution in [0, 0.1) is 0 Å². The number of carbonyl (C=O) groups is 1. The fourth-order valence-corrected chi connectivity index (χ4v) is 2.50. The monoisotopic (exact) mass is 230 g/mol. The van der Waals surface area contributed by atoms with E-state index in [2.05, 4.69) is 0 Å². The Balaban J connectivity index is 2.33. The number of benzene rings is 1. The van der Waals surface area contributed by atoms with Gasteiger partial charge in [0.15, 0.2) is 0 Å². The van der Waals surface area contributed by atoms with Crippen molar-refractivity contribution in [3.05, 3.63) is 41.5 Å². The lowest BCUT2D eigenvalue weighted by Crippen LogP contribution is -2.03. The van der Waals surface area contributed by atoms with Gasteiger partial charge in [-0.3, -0.25) is 4.79 Å². The Morgan fingerprint density at radius 3 is 2.29 bits per heavy atom. The van der Waals surface area contributed by atoms with E-state index in [4.69, 9.17) is 5.11 Å². The summed E-state index contributed by atoms with van der Waals surface area (Å²) in [5.41, 5.74) is 3.47. The Morgan fingerprint density at radius 2 is 1.71 bits per heavy atom. The highest BCUT2D eigenvalue weighted by atomic mass is 16.4. The summed E-state index contributed by atoms with van der Waals surface area (Å²) in [6.45, 7) is 0. The van der Waals surface area contributed by atoms with E-state index in [1.807, 2.05) is 30.3 Å². The molecule has 1 saturated carbocycles. The Hall–Kier alpha value is -1.57. The predicted octanol–water partition coefficient (Wildman–Crippen LogP) is 3.88. The second kappa shape index (κ2) is 5.67. The van der Waals surface area contributed by atoms with E-state index in [0.29, 0.717) is 0 Å². The van der Waals surface area contributed by atoms with E-state index in [1.54, 1.807) is 0 Å². The molecule has 1 fully saturated rings. The number of rotatable bonds is 3. The molecule has 0 aromatic heterocycles. The van der Waals surface area contributed by atoms with E-state index in [1.165, 1.54) is 24.8 Å². The molecule has 2 nitrogen and oxygen atoms in total. The molecule has 1 aromatic carbocycles. The minimum Gasteiger partial charge on any atom is -0.481 e. The molecule has 0 spiro atoms. The number of carboxylic acid groups (broad SMARTS) is 1. The lowest BCUT2D eigenvalue weighted by atomic mass is 9.87. The zero-order chi connectivity index (χ0) is 12.1. The first kappa shape index (κ1) is 11.9. The fraction of sp³-hybridized carbons (Fsp3) is 0.400. The van der Waals surface area contributed by atoms with Crippen LogP contribution in [0.1, 0.15) is 44.1 Å². The van der Waals surface area contributed by atoms with Crippen molar-refractivity contribution < 1.29 is 9.90 Å². The molecule has 0 bridgehead atoms. The smallest absolute Gasteiger partial charge is 0.307 e. The maximum absolute atomic E-state index is 11.0. The van der Waals surface area contributed by atoms with Crippen LogP contribution in [-0.2, 0) is 4.79 Å². The summed E-state index contributed by atoms with van der Waals surface area (Å²) in [4.78, 5) is 11.0. The lowest BCUT2D eigenvalue weighted by Gasteiger charge is -2.19. The summed E-state index contributed by atoms with van der Waals surface area (Å²) in [5, 5.41) is 9.04. The molecule has 0 atom stereocenters. The summed E-state index contributed by atoms with van der Waals surface area (Å²) in [5.74, 6) is -0.734. The molecule has 2 rings (SSSR count). The first-order valence-electron chi connectivity index (χ1n) is 6.25. The van der Waals surface area contributed by atoms with Gasteiger partial charge in [0, 0.05) is 0 Å². The van der Waals surface area contributed by atoms with Gasteiger partial charge in [-0.25, -0.2) is 0 Å². The zero-order valence-corrected chi connectivity index (χ0v) is 9.98. The Morgan fingerprint density at radius 1 is 1.06 bits per heavy atom. The highest BCUT2D eigenvalue weighted by molar-refractivity contribution is 5.85. The molecule has 2 heteroatoms. The third-order valence-electron chi connectivity index (χ3n) is 3.33. The second-order valence-corrected chi connectivity index (χ2v) is 4.58. The largest absolute Gasteiger partial charge is 0.481 e. The van der Waals surface area contributed by atoms with Gasteiger partial charge in [0.2, 0.25) is 0 Å². The molecule has 1 aromatic rings. The second-order valence-electron chi connectivity index (χ2n) is 4.58. The van der Waals surface area contributed by atoms with Gasteiger partial charge in [0.05, 0.1) is 6.42 Å². The van der Waals surface area contributed by atoms with E-state index >= 15 is 0 Å². The van der Waals surface area contributed by atoms with Crippen LogP contribution in [0.4, 0.5) is 0 Å². The Labute approximate surface area is 102 Å². The first-order valence-corrected chi connectivity index (χ1v) is 6.25. The number of allylic oxidation sites excluding steroid dienone is 1. The molecule has 0 saturated heterocycles. The molecular formula is C15H18O2. The van der Waals surface area contributed by atoms with Crippen LogP contribution in [0.5, 0.6) is 0 Å². The molecule has 0 aliphatic heterocycles. The molecule has 1 aliphatic carbocycles. The molecule has 0 amide bonds. The Kier molecular flexibility index (Phi) is 3.97. The summed E-state index contributed by atoms with van der Waals surface area (Å²) < 4.78 is 0. The summed E-state index contributed by atoms with van der Waals surface area (Å²) in [6, 6.07) is 9.94. The highest BCUT2D eigenvalue weighted by Crippen LogP contribution is 2.32. The Bertz CT molecular complexity index is 410. The molecule has 0 unspecified atom stereocenters. The number of aliphatic carboxylic acids is 1. The van der Waals surface area contributed by atoms with Crippen molar-refractivity contribution in [3.63, 3.8) is 0 Å². The van der Waals surface area contributed by atoms with Crippen molar-refractivity contribution in [2.75, 3.05) is 0 Å². The van der Waals surface area contributed by atoms with Gasteiger partial charge in [-0.05, 0) is 36.8 Å². The number of hydrogen-bond donors (Lipinski definition) is 1. The van der Waals surface area contributed by atoms with Crippen molar-refractivity contribution in [2.45, 2.75) is 38.5 Å². The van der Waals surface area contributed by atoms with Crippen LogP contribution < -0.4 is 0 Å². The van der Waals surface area contributed by atoms with Gasteiger partial charge >= 0.3 is 5.97 Å². The average Bonchev–Trinajstić information content (AvgIpc) is 2.38. The minimum absolute atomic E-state index is 0.152. The topological polar surface area (TPSA) is 37.3 Å². The standard InChI is InChI=1S/C15H18O2/c16-15(17)11-14(12-7-3-1-4-8-12)13-9-5-2-6-10-13/h1,3-4,7-8H,2,5-6,9-11H2,(H,16,17). The molecule has 1 aliphatic rings. The SMILES string of the molecule is O=C(O)CC(=C1CCCCC1)c1ccccc1. The highest BCUT2D eigenvalue weighted by Gasteiger charge is 2.15. The van der Waals surface area contributed by atoms with Crippen LogP contribution in [0.25, 0.3) is 5.57 Å². The maximum Gasteiger partial charge on any atom is 0.307 e. The lowest BCUT2D eigenvalue weighted by molar-refractivity contribution is -0.135. The number of hydrogen-bond acceptors (Lipinski definition) is 1. The summed E-state index contributed by atoms with van der Waals surface area (Å²) >= 11 is 0. The molecule has 1 N–H and O–H groups in total. The van der Waals surface area contributed by atoms with Crippen molar-refractivity contribution in [1.82, 2.24) is 0 Å². The van der Waals surface area contributed by atoms with Crippen molar-refractivity contribution >= 4 is 11.5 Å². The average molecular weight is 230 g/mol. The van der Waals surface area contributed by atoms with Crippen molar-refractivity contribution in [2.24, 2.45) is 0 Å². The van der Waals surface area contributed by atoms with Crippen LogP contribution >= 0.6 is 0 Å². The normalized spacial score (nSPS) is 15.6. The van der Waals surface area contributed by atoms with Gasteiger partial charge < -0.3 is 5.11 Å². The third-order valence-corrected chi connectivity index (χ3v) is 3.33. The quantitative estimate of drug-likeness (QED) is 0.855. The third kappa shape index (κ3) is 3.19. The molecule has 17 heavy (non-hydrogen) atoms. The van der Waals surface area contributed by atoms with Crippen LogP contribution in [0.2, 0.25) is 0 Å². The predicted molar refractivity (Wildman–Crippen MR) is 68.7 cm³/mol. The van der Waals surface area contributed by atoms with Gasteiger partial charge in [-0.2, -0.15) is 0 Å². The minimum atomic E-state index is -0.734. The zero-order valence-electron chi connectivity index (χ0n) is 9.98. The van der Waals surface area contributed by atoms with Crippen molar-refractivity contribution in [3.8, 4) is 0 Å². The van der Waals surface area contributed by atoms with Crippen LogP contribution in [-0.4, -0.2) is 11.1 Å². The van der Waals surface area contributed by atoms with E-state index in [0.717, 1.165) is 24.0 Å². The van der Waals surface area contributed by atoms with Gasteiger partial charge in [0.1, 0.15) is 0 Å². The summed E-state index contributed by atoms with van der Waals surface area (Å²) in [7, 11) is 0. The van der Waals surface area contributed by atoms with Crippen LogP contribution in [0.3, 0.4) is 0 Å². The molecule has 0 heterocycles. The molecule has 90 valence electrons. The van der Waals surface area contributed by atoms with Gasteiger partial charge in [-0.1, -0.05) is 42.3 Å². The maximum atomic E-state index is 11.0. The van der Waals surface area contributed by atoms with E-state index in [9.17, 15) is 4.79 Å².